The number of ether oxygens (including phenoxy) is 1. The topological polar surface area (TPSA) is 92.9 Å². The van der Waals surface area contributed by atoms with Crippen LogP contribution in [0.4, 0.5) is 5.69 Å². The molecule has 1 fully saturated rings. The van der Waals surface area contributed by atoms with Gasteiger partial charge in [0, 0.05) is 31.9 Å². The molecule has 0 unspecified atom stereocenters. The maximum atomic E-state index is 12.5. The molecule has 1 aliphatic rings. The van der Waals surface area contributed by atoms with Gasteiger partial charge in [-0.2, -0.15) is 4.31 Å². The summed E-state index contributed by atoms with van der Waals surface area (Å²) >= 11 is 0. The number of nitrogen functional groups attached to an aromatic ring is 1. The summed E-state index contributed by atoms with van der Waals surface area (Å²) in [6, 6.07) is 4.89. The number of carbonyl (C=O) groups excluding carboxylic acids is 1. The maximum absolute atomic E-state index is 12.5. The molecule has 0 aliphatic carbocycles. The van der Waals surface area contributed by atoms with Crippen LogP contribution in [-0.4, -0.2) is 63.1 Å². The molecule has 0 saturated carbocycles. The van der Waals surface area contributed by atoms with E-state index in [9.17, 15) is 13.2 Å². The van der Waals surface area contributed by atoms with E-state index in [2.05, 4.69) is 0 Å². The van der Waals surface area contributed by atoms with E-state index in [1.807, 2.05) is 0 Å². The Bertz CT molecular complexity index is 637. The number of carbonyl (C=O) groups is 1. The van der Waals surface area contributed by atoms with Gasteiger partial charge in [0.25, 0.3) is 5.91 Å². The molecule has 2 N–H and O–H groups in total. The molecule has 0 spiro atoms. The lowest BCUT2D eigenvalue weighted by Crippen LogP contribution is -2.50. The van der Waals surface area contributed by atoms with Crippen molar-refractivity contribution in [1.82, 2.24) is 9.21 Å². The summed E-state index contributed by atoms with van der Waals surface area (Å²) in [7, 11) is -1.72. The fourth-order valence-electron chi connectivity index (χ4n) is 2.29. The monoisotopic (exact) mass is 313 g/mol. The first-order chi connectivity index (χ1) is 9.82. The number of methoxy groups -OCH3 is 1. The van der Waals surface area contributed by atoms with Crippen LogP contribution in [0.25, 0.3) is 0 Å². The lowest BCUT2D eigenvalue weighted by molar-refractivity contribution is 0.0695. The SMILES string of the molecule is COc1ccc(N)cc1C(=O)N1CCN(S(C)(=O)=O)CC1. The summed E-state index contributed by atoms with van der Waals surface area (Å²) in [4.78, 5) is 14.1. The van der Waals surface area contributed by atoms with E-state index in [4.69, 9.17) is 10.5 Å². The van der Waals surface area contributed by atoms with Gasteiger partial charge in [-0.05, 0) is 18.2 Å². The molecule has 1 saturated heterocycles. The molecule has 1 aliphatic heterocycles. The molecule has 0 bridgehead atoms. The summed E-state index contributed by atoms with van der Waals surface area (Å²) in [5, 5.41) is 0. The van der Waals surface area contributed by atoms with Crippen molar-refractivity contribution in [2.24, 2.45) is 0 Å². The minimum absolute atomic E-state index is 0.202. The zero-order valence-electron chi connectivity index (χ0n) is 12.1. The third kappa shape index (κ3) is 3.45. The number of nitrogens with two attached hydrogens (primary N) is 1. The van der Waals surface area contributed by atoms with Crippen molar-refractivity contribution in [2.45, 2.75) is 0 Å². The molecule has 0 aromatic heterocycles. The van der Waals surface area contributed by atoms with E-state index in [1.54, 1.807) is 23.1 Å². The largest absolute Gasteiger partial charge is 0.496 e. The van der Waals surface area contributed by atoms with Crippen molar-refractivity contribution in [2.75, 3.05) is 45.3 Å². The van der Waals surface area contributed by atoms with Crippen molar-refractivity contribution in [1.29, 1.82) is 0 Å². The van der Waals surface area contributed by atoms with Crippen molar-refractivity contribution < 1.29 is 17.9 Å². The number of benzene rings is 1. The van der Waals surface area contributed by atoms with Gasteiger partial charge in [-0.1, -0.05) is 0 Å². The van der Waals surface area contributed by atoms with Crippen LogP contribution < -0.4 is 10.5 Å². The lowest BCUT2D eigenvalue weighted by atomic mass is 10.1. The van der Waals surface area contributed by atoms with E-state index < -0.39 is 10.0 Å². The van der Waals surface area contributed by atoms with Gasteiger partial charge in [0.1, 0.15) is 5.75 Å². The molecular weight excluding hydrogens is 294 g/mol. The summed E-state index contributed by atoms with van der Waals surface area (Å²) in [5.41, 5.74) is 6.59. The first-order valence-corrected chi connectivity index (χ1v) is 8.35. The molecule has 21 heavy (non-hydrogen) atoms. The Balaban J connectivity index is 2.14. The van der Waals surface area contributed by atoms with Gasteiger partial charge in [0.2, 0.25) is 10.0 Å². The zero-order valence-corrected chi connectivity index (χ0v) is 12.9. The van der Waals surface area contributed by atoms with Crippen LogP contribution in [0.5, 0.6) is 5.75 Å². The van der Waals surface area contributed by atoms with Crippen molar-refractivity contribution in [3.63, 3.8) is 0 Å². The third-order valence-electron chi connectivity index (χ3n) is 3.45. The van der Waals surface area contributed by atoms with Crippen LogP contribution in [0.3, 0.4) is 0 Å². The highest BCUT2D eigenvalue weighted by atomic mass is 32.2. The predicted molar refractivity (Wildman–Crippen MR) is 79.7 cm³/mol. The van der Waals surface area contributed by atoms with Gasteiger partial charge < -0.3 is 15.4 Å². The fraction of sp³-hybridized carbons (Fsp3) is 0.462. The summed E-state index contributed by atoms with van der Waals surface area (Å²) in [5.74, 6) is 0.257. The number of sulfonamides is 1. The first kappa shape index (κ1) is 15.6. The zero-order chi connectivity index (χ0) is 15.6. The molecule has 2 rings (SSSR count). The number of piperazine rings is 1. The first-order valence-electron chi connectivity index (χ1n) is 6.51. The normalized spacial score (nSPS) is 16.8. The third-order valence-corrected chi connectivity index (χ3v) is 4.75. The molecule has 8 heteroatoms. The summed E-state index contributed by atoms with van der Waals surface area (Å²) in [6.07, 6.45) is 1.17. The minimum Gasteiger partial charge on any atom is -0.496 e. The number of amides is 1. The summed E-state index contributed by atoms with van der Waals surface area (Å²) < 4.78 is 29.5. The van der Waals surface area contributed by atoms with Gasteiger partial charge in [0.05, 0.1) is 18.9 Å². The van der Waals surface area contributed by atoms with Crippen LogP contribution in [0.1, 0.15) is 10.4 Å². The number of anilines is 1. The van der Waals surface area contributed by atoms with Gasteiger partial charge in [-0.3, -0.25) is 4.79 Å². The molecule has 1 aromatic rings. The molecule has 1 aromatic carbocycles. The van der Waals surface area contributed by atoms with Crippen molar-refractivity contribution in [3.8, 4) is 5.75 Å². The summed E-state index contributed by atoms with van der Waals surface area (Å²) in [6.45, 7) is 1.30. The molecular formula is C13H19N3O4S. The molecule has 7 nitrogen and oxygen atoms in total. The average molecular weight is 313 g/mol. The van der Waals surface area contributed by atoms with Crippen LogP contribution in [0, 0.1) is 0 Å². The van der Waals surface area contributed by atoms with Gasteiger partial charge in [-0.15, -0.1) is 0 Å². The van der Waals surface area contributed by atoms with E-state index in [0.29, 0.717) is 43.2 Å². The Hall–Kier alpha value is -1.80. The number of rotatable bonds is 3. The van der Waals surface area contributed by atoms with Gasteiger partial charge in [-0.25, -0.2) is 8.42 Å². The Morgan fingerprint density at radius 2 is 1.86 bits per heavy atom. The Kier molecular flexibility index (Phi) is 4.38. The van der Waals surface area contributed by atoms with Gasteiger partial charge >= 0.3 is 0 Å². The van der Waals surface area contributed by atoms with E-state index in [0.717, 1.165) is 0 Å². The van der Waals surface area contributed by atoms with Crippen LogP contribution >= 0.6 is 0 Å². The fourth-order valence-corrected chi connectivity index (χ4v) is 3.11. The number of hydrogen-bond acceptors (Lipinski definition) is 5. The molecule has 116 valence electrons. The smallest absolute Gasteiger partial charge is 0.257 e. The van der Waals surface area contributed by atoms with Crippen LogP contribution in [0.15, 0.2) is 18.2 Å². The highest BCUT2D eigenvalue weighted by molar-refractivity contribution is 7.88. The second-order valence-corrected chi connectivity index (χ2v) is 6.90. The highest BCUT2D eigenvalue weighted by Gasteiger charge is 2.27. The number of hydrogen-bond donors (Lipinski definition) is 1. The minimum atomic E-state index is -3.21. The molecule has 1 heterocycles. The number of nitrogens with zero attached hydrogens (tertiary/aromatic N) is 2. The highest BCUT2D eigenvalue weighted by Crippen LogP contribution is 2.23. The second-order valence-electron chi connectivity index (χ2n) is 4.91. The van der Waals surface area contributed by atoms with Crippen LogP contribution in [-0.2, 0) is 10.0 Å². The van der Waals surface area contributed by atoms with E-state index in [1.165, 1.54) is 17.7 Å². The van der Waals surface area contributed by atoms with Crippen molar-refractivity contribution >= 4 is 21.6 Å². The van der Waals surface area contributed by atoms with E-state index in [-0.39, 0.29) is 5.91 Å². The average Bonchev–Trinajstić information content (AvgIpc) is 2.45. The van der Waals surface area contributed by atoms with Crippen molar-refractivity contribution in [3.05, 3.63) is 23.8 Å². The second kappa shape index (κ2) is 5.90. The van der Waals surface area contributed by atoms with Crippen LogP contribution in [0.2, 0.25) is 0 Å². The molecule has 1 amide bonds. The predicted octanol–water partition coefficient (Wildman–Crippen LogP) is -0.00520. The maximum Gasteiger partial charge on any atom is 0.257 e. The van der Waals surface area contributed by atoms with E-state index >= 15 is 0 Å². The Labute approximate surface area is 124 Å². The quantitative estimate of drug-likeness (QED) is 0.793. The Morgan fingerprint density at radius 3 is 2.38 bits per heavy atom. The molecule has 0 atom stereocenters. The lowest BCUT2D eigenvalue weighted by Gasteiger charge is -2.33. The molecule has 0 radical (unpaired) electrons. The van der Waals surface area contributed by atoms with Gasteiger partial charge in [0.15, 0.2) is 0 Å². The standard InChI is InChI=1S/C13H19N3O4S/c1-20-12-4-3-10(14)9-11(12)13(17)15-5-7-16(8-6-15)21(2,18)19/h3-4,9H,5-8,14H2,1-2H3. The Morgan fingerprint density at radius 1 is 1.24 bits per heavy atom.